The lowest BCUT2D eigenvalue weighted by atomic mass is 10.0. The van der Waals surface area contributed by atoms with E-state index in [-0.39, 0.29) is 18.2 Å². The maximum absolute atomic E-state index is 12.0. The lowest BCUT2D eigenvalue weighted by molar-refractivity contribution is -0.131. The molecule has 0 radical (unpaired) electrons. The van der Waals surface area contributed by atoms with Crippen LogP contribution < -0.4 is 16.1 Å². The van der Waals surface area contributed by atoms with E-state index in [2.05, 4.69) is 20.9 Å². The second-order valence-electron chi connectivity index (χ2n) is 6.13. The van der Waals surface area contributed by atoms with Crippen molar-refractivity contribution in [3.63, 3.8) is 0 Å². The molecule has 0 saturated carbocycles. The molecule has 0 bridgehead atoms. The Kier molecular flexibility index (Phi) is 6.50. The molecule has 0 fully saturated rings. The van der Waals surface area contributed by atoms with Crippen LogP contribution in [0, 0.1) is 5.92 Å². The molecule has 10 heteroatoms. The number of para-hydroxylation sites is 2. The first kappa shape index (κ1) is 19.2. The number of carbonyl (C=O) groups is 2. The van der Waals surface area contributed by atoms with Gasteiger partial charge in [0.2, 0.25) is 0 Å². The molecule has 2 aromatic rings. The summed E-state index contributed by atoms with van der Waals surface area (Å²) in [7, 11) is 0. The molecule has 26 heavy (non-hydrogen) atoms. The van der Waals surface area contributed by atoms with E-state index >= 15 is 0 Å². The molecule has 1 atom stereocenters. The number of hydrogen-bond donors (Lipinski definition) is 5. The molecular formula is C16H22N6O4. The number of hydrogen-bond acceptors (Lipinski definition) is 6. The van der Waals surface area contributed by atoms with E-state index < -0.39 is 18.0 Å². The van der Waals surface area contributed by atoms with Crippen molar-refractivity contribution in [2.24, 2.45) is 5.92 Å². The fourth-order valence-electron chi connectivity index (χ4n) is 2.32. The van der Waals surface area contributed by atoms with Crippen LogP contribution in [-0.4, -0.2) is 43.3 Å². The third kappa shape index (κ3) is 5.18. The minimum Gasteiger partial charge on any atom is -0.506 e. The smallest absolute Gasteiger partial charge is 0.315 e. The number of nitrogens with zero attached hydrogens (tertiary/aromatic N) is 3. The molecular weight excluding hydrogens is 340 g/mol. The molecule has 0 aliphatic rings. The van der Waals surface area contributed by atoms with Crippen LogP contribution in [0.1, 0.15) is 26.0 Å². The van der Waals surface area contributed by atoms with Crippen LogP contribution in [0.2, 0.25) is 0 Å². The van der Waals surface area contributed by atoms with Crippen molar-refractivity contribution in [3.05, 3.63) is 36.2 Å². The highest BCUT2D eigenvalue weighted by Gasteiger charge is 2.21. The molecule has 3 amide bonds. The fraction of sp³-hybridized carbons (Fsp3) is 0.375. The zero-order valence-electron chi connectivity index (χ0n) is 14.5. The molecule has 0 aliphatic carbocycles. The fourth-order valence-corrected chi connectivity index (χ4v) is 2.32. The molecule has 0 aliphatic heterocycles. The summed E-state index contributed by atoms with van der Waals surface area (Å²) in [6.07, 6.45) is 1.95. The second kappa shape index (κ2) is 8.81. The first-order valence-corrected chi connectivity index (χ1v) is 8.08. The number of aromatic nitrogens is 3. The average Bonchev–Trinajstić information content (AvgIpc) is 3.07. The van der Waals surface area contributed by atoms with E-state index in [4.69, 9.17) is 5.21 Å². The molecule has 1 aromatic heterocycles. The third-order valence-corrected chi connectivity index (χ3v) is 3.54. The molecule has 1 aromatic carbocycles. The summed E-state index contributed by atoms with van der Waals surface area (Å²) in [5, 5.41) is 31.5. The quantitative estimate of drug-likeness (QED) is 0.362. The van der Waals surface area contributed by atoms with E-state index in [1.165, 1.54) is 10.7 Å². The highest BCUT2D eigenvalue weighted by Crippen LogP contribution is 2.19. The van der Waals surface area contributed by atoms with Crippen LogP contribution in [0.15, 0.2) is 30.5 Å². The van der Waals surface area contributed by atoms with Crippen LogP contribution in [0.3, 0.4) is 0 Å². The van der Waals surface area contributed by atoms with Gasteiger partial charge in [-0.3, -0.25) is 10.0 Å². The molecule has 0 saturated heterocycles. The number of aromatic hydroxyl groups is 1. The van der Waals surface area contributed by atoms with Gasteiger partial charge in [0.1, 0.15) is 23.2 Å². The van der Waals surface area contributed by atoms with Crippen LogP contribution in [-0.2, 0) is 11.3 Å². The van der Waals surface area contributed by atoms with Crippen LogP contribution in [0.4, 0.5) is 4.79 Å². The van der Waals surface area contributed by atoms with Gasteiger partial charge in [-0.15, -0.1) is 5.10 Å². The van der Waals surface area contributed by atoms with Gasteiger partial charge >= 0.3 is 6.03 Å². The Morgan fingerprint density at radius 3 is 2.65 bits per heavy atom. The first-order valence-electron chi connectivity index (χ1n) is 8.08. The number of amides is 3. The Balaban J connectivity index is 1.93. The highest BCUT2D eigenvalue weighted by atomic mass is 16.5. The van der Waals surface area contributed by atoms with Gasteiger partial charge in [-0.05, 0) is 24.5 Å². The van der Waals surface area contributed by atoms with Gasteiger partial charge in [0.05, 0.1) is 12.7 Å². The van der Waals surface area contributed by atoms with Gasteiger partial charge in [-0.2, -0.15) is 0 Å². The monoisotopic (exact) mass is 362 g/mol. The number of carbonyl (C=O) groups excluding carboxylic acids is 2. The summed E-state index contributed by atoms with van der Waals surface area (Å²) in [6, 6.07) is 5.23. The first-order chi connectivity index (χ1) is 12.4. The summed E-state index contributed by atoms with van der Waals surface area (Å²) in [5.74, 6) is -0.475. The maximum atomic E-state index is 12.0. The van der Waals surface area contributed by atoms with E-state index in [9.17, 15) is 14.7 Å². The topological polar surface area (TPSA) is 141 Å². The summed E-state index contributed by atoms with van der Waals surface area (Å²) in [6.45, 7) is 3.87. The predicted molar refractivity (Wildman–Crippen MR) is 91.6 cm³/mol. The number of rotatable bonds is 7. The van der Waals surface area contributed by atoms with E-state index in [0.717, 1.165) is 0 Å². The summed E-state index contributed by atoms with van der Waals surface area (Å²) in [5.41, 5.74) is 2.48. The third-order valence-electron chi connectivity index (χ3n) is 3.54. The van der Waals surface area contributed by atoms with E-state index in [1.807, 2.05) is 13.8 Å². The van der Waals surface area contributed by atoms with E-state index in [1.54, 1.807) is 29.9 Å². The largest absolute Gasteiger partial charge is 0.506 e. The Hall–Kier alpha value is -3.14. The number of phenols is 1. The van der Waals surface area contributed by atoms with Crippen molar-refractivity contribution < 1.29 is 19.9 Å². The number of benzene rings is 1. The minimum atomic E-state index is -0.850. The van der Waals surface area contributed by atoms with Crippen molar-refractivity contribution in [1.29, 1.82) is 0 Å². The van der Waals surface area contributed by atoms with Gasteiger partial charge in [0, 0.05) is 0 Å². The molecule has 2 rings (SSSR count). The predicted octanol–water partition coefficient (Wildman–Crippen LogP) is 0.692. The number of nitrogens with one attached hydrogen (secondary N) is 3. The average molecular weight is 362 g/mol. The molecule has 5 N–H and O–H groups in total. The second-order valence-corrected chi connectivity index (χ2v) is 6.13. The minimum absolute atomic E-state index is 0.0567. The Morgan fingerprint density at radius 2 is 2.00 bits per heavy atom. The summed E-state index contributed by atoms with van der Waals surface area (Å²) < 4.78 is 1.39. The van der Waals surface area contributed by atoms with Crippen molar-refractivity contribution in [2.75, 3.05) is 0 Å². The summed E-state index contributed by atoms with van der Waals surface area (Å²) >= 11 is 0. The lowest BCUT2D eigenvalue weighted by Crippen LogP contribution is -2.49. The Labute approximate surface area is 150 Å². The standard InChI is InChI=1S/C16H22N6O4/c1-10(2)7-12(15(24)20-26)18-16(25)17-8-11-9-22(21-19-11)13-5-3-4-6-14(13)23/h3-6,9-10,12,23,26H,7-8H2,1-2H3,(H,20,24)(H2,17,18,25)/t12-/m0/s1. The number of phenolic OH excluding ortho intramolecular Hbond substituents is 1. The molecule has 0 unspecified atom stereocenters. The van der Waals surface area contributed by atoms with E-state index in [0.29, 0.717) is 17.8 Å². The van der Waals surface area contributed by atoms with Crippen molar-refractivity contribution in [1.82, 2.24) is 31.1 Å². The Bertz CT molecular complexity index is 761. The van der Waals surface area contributed by atoms with Crippen LogP contribution >= 0.6 is 0 Å². The SMILES string of the molecule is CC(C)C[C@H](NC(=O)NCc1cn(-c2ccccc2O)nn1)C(=O)NO. The van der Waals surface area contributed by atoms with Gasteiger partial charge in [-0.1, -0.05) is 31.2 Å². The molecule has 140 valence electrons. The molecule has 10 nitrogen and oxygen atoms in total. The zero-order chi connectivity index (χ0) is 19.1. The van der Waals surface area contributed by atoms with Gasteiger partial charge < -0.3 is 15.7 Å². The molecule has 0 spiro atoms. The molecule has 1 heterocycles. The summed E-state index contributed by atoms with van der Waals surface area (Å²) in [4.78, 5) is 23.6. The van der Waals surface area contributed by atoms with Crippen molar-refractivity contribution in [3.8, 4) is 11.4 Å². The number of urea groups is 1. The number of hydroxylamine groups is 1. The Morgan fingerprint density at radius 1 is 1.27 bits per heavy atom. The van der Waals surface area contributed by atoms with Crippen LogP contribution in [0.25, 0.3) is 5.69 Å². The zero-order valence-corrected chi connectivity index (χ0v) is 14.5. The van der Waals surface area contributed by atoms with Gasteiger partial charge in [0.25, 0.3) is 5.91 Å². The van der Waals surface area contributed by atoms with Gasteiger partial charge in [0.15, 0.2) is 0 Å². The highest BCUT2D eigenvalue weighted by molar-refractivity contribution is 5.86. The lowest BCUT2D eigenvalue weighted by Gasteiger charge is -2.18. The van der Waals surface area contributed by atoms with Crippen molar-refractivity contribution >= 4 is 11.9 Å². The normalized spacial score (nSPS) is 11.8. The maximum Gasteiger partial charge on any atom is 0.315 e. The van der Waals surface area contributed by atoms with Crippen molar-refractivity contribution in [2.45, 2.75) is 32.9 Å². The van der Waals surface area contributed by atoms with Crippen LogP contribution in [0.5, 0.6) is 5.75 Å². The van der Waals surface area contributed by atoms with Gasteiger partial charge in [-0.25, -0.2) is 15.0 Å².